The fraction of sp³-hybridized carbons (Fsp3) is 0.238. The van der Waals surface area contributed by atoms with Gasteiger partial charge in [-0.1, -0.05) is 53.8 Å². The molecule has 1 saturated heterocycles. The molecule has 1 amide bonds. The van der Waals surface area contributed by atoms with E-state index in [1.807, 2.05) is 37.3 Å². The highest BCUT2D eigenvalue weighted by Gasteiger charge is 2.28. The van der Waals surface area contributed by atoms with Gasteiger partial charge in [-0.25, -0.2) is 0 Å². The smallest absolute Gasteiger partial charge is 0.265 e. The maximum Gasteiger partial charge on any atom is 0.265 e. The Hall–Kier alpha value is -2.02. The summed E-state index contributed by atoms with van der Waals surface area (Å²) in [6, 6.07) is 13.3. The van der Waals surface area contributed by atoms with E-state index in [4.69, 9.17) is 33.3 Å². The van der Waals surface area contributed by atoms with Crippen molar-refractivity contribution in [3.05, 3.63) is 63.5 Å². The molecule has 0 saturated carbocycles. The van der Waals surface area contributed by atoms with Gasteiger partial charge in [0.05, 0.1) is 18.1 Å². The van der Waals surface area contributed by atoms with E-state index in [0.29, 0.717) is 33.2 Å². The molecule has 1 aliphatic rings. The summed E-state index contributed by atoms with van der Waals surface area (Å²) in [5.41, 5.74) is 1.86. The number of rotatable bonds is 7. The second-order valence-electron chi connectivity index (χ2n) is 6.24. The summed E-state index contributed by atoms with van der Waals surface area (Å²) in [7, 11) is 1.67. The van der Waals surface area contributed by atoms with Gasteiger partial charge in [0, 0.05) is 24.1 Å². The van der Waals surface area contributed by atoms with Crippen LogP contribution in [0.4, 0.5) is 0 Å². The Balaban J connectivity index is 1.61. The van der Waals surface area contributed by atoms with Gasteiger partial charge in [-0.05, 0) is 42.8 Å². The number of para-hydroxylation sites is 1. The molecule has 0 bridgehead atoms. The van der Waals surface area contributed by atoms with Gasteiger partial charge >= 0.3 is 0 Å². The number of benzene rings is 2. The number of halogens is 1. The van der Waals surface area contributed by atoms with Crippen LogP contribution >= 0.6 is 35.6 Å². The Morgan fingerprint density at radius 1 is 1.14 bits per heavy atom. The van der Waals surface area contributed by atoms with Crippen LogP contribution in [-0.2, 0) is 4.79 Å². The molecule has 0 aromatic heterocycles. The normalized spacial score (nSPS) is 15.4. The van der Waals surface area contributed by atoms with Crippen LogP contribution in [0.25, 0.3) is 6.08 Å². The Bertz CT molecular complexity index is 930. The Kier molecular flexibility index (Phi) is 6.99. The first-order chi connectivity index (χ1) is 13.5. The molecule has 0 radical (unpaired) electrons. The summed E-state index contributed by atoms with van der Waals surface area (Å²) >= 11 is 12.6. The molecule has 4 nitrogen and oxygen atoms in total. The number of thioether (sulfide) groups is 1. The molecule has 1 aliphatic heterocycles. The molecular weight excluding hydrogens is 414 g/mol. The molecule has 2 aromatic carbocycles. The van der Waals surface area contributed by atoms with Crippen LogP contribution in [0, 0.1) is 6.92 Å². The van der Waals surface area contributed by atoms with Gasteiger partial charge in [0.1, 0.15) is 15.8 Å². The zero-order valence-corrected chi connectivity index (χ0v) is 18.0. The molecule has 0 N–H and O–H groups in total. The highest BCUT2D eigenvalue weighted by molar-refractivity contribution is 8.26. The average Bonchev–Trinajstić information content (AvgIpc) is 2.91. The second kappa shape index (κ2) is 9.45. The molecule has 2 aromatic rings. The van der Waals surface area contributed by atoms with E-state index in [0.717, 1.165) is 23.3 Å². The number of ether oxygens (including phenoxy) is 2. The summed E-state index contributed by atoms with van der Waals surface area (Å²) < 4.78 is 12.2. The molecule has 1 fully saturated rings. The monoisotopic (exact) mass is 433 g/mol. The molecule has 7 heteroatoms. The third-order valence-corrected chi connectivity index (χ3v) is 5.86. The number of hydrogen-bond acceptors (Lipinski definition) is 5. The molecule has 0 atom stereocenters. The maximum atomic E-state index is 12.2. The molecule has 0 aliphatic carbocycles. The quantitative estimate of drug-likeness (QED) is 0.335. The SMILES string of the molecule is Cc1ccccc1OCCCOc1ccc(Cl)cc1/C=C1\SC(=S)N(C)C1=O. The lowest BCUT2D eigenvalue weighted by molar-refractivity contribution is -0.121. The number of amides is 1. The van der Waals surface area contributed by atoms with Crippen LogP contribution in [0.2, 0.25) is 5.02 Å². The van der Waals surface area contributed by atoms with E-state index in [9.17, 15) is 4.79 Å². The predicted octanol–water partition coefficient (Wildman–Crippen LogP) is 5.33. The van der Waals surface area contributed by atoms with E-state index in [-0.39, 0.29) is 5.91 Å². The zero-order chi connectivity index (χ0) is 20.1. The van der Waals surface area contributed by atoms with Crippen molar-refractivity contribution in [2.75, 3.05) is 20.3 Å². The van der Waals surface area contributed by atoms with Crippen molar-refractivity contribution >= 4 is 51.9 Å². The van der Waals surface area contributed by atoms with Gasteiger partial charge in [-0.2, -0.15) is 0 Å². The zero-order valence-electron chi connectivity index (χ0n) is 15.6. The fourth-order valence-electron chi connectivity index (χ4n) is 2.59. The largest absolute Gasteiger partial charge is 0.493 e. The maximum absolute atomic E-state index is 12.2. The first-order valence-electron chi connectivity index (χ1n) is 8.78. The van der Waals surface area contributed by atoms with Crippen LogP contribution in [0.1, 0.15) is 17.5 Å². The van der Waals surface area contributed by atoms with Crippen molar-refractivity contribution in [3.63, 3.8) is 0 Å². The summed E-state index contributed by atoms with van der Waals surface area (Å²) in [5.74, 6) is 1.44. The Labute approximate surface area is 179 Å². The van der Waals surface area contributed by atoms with Gasteiger partial charge in [0.2, 0.25) is 0 Å². The third-order valence-electron chi connectivity index (χ3n) is 4.14. The molecular formula is C21H20ClNO3S2. The predicted molar refractivity (Wildman–Crippen MR) is 119 cm³/mol. The first kappa shape index (κ1) is 20.7. The number of aryl methyl sites for hydroxylation is 1. The number of carbonyl (C=O) groups excluding carboxylic acids is 1. The van der Waals surface area contributed by atoms with E-state index >= 15 is 0 Å². The minimum absolute atomic E-state index is 0.118. The van der Waals surface area contributed by atoms with Gasteiger partial charge in [-0.3, -0.25) is 9.69 Å². The molecule has 146 valence electrons. The summed E-state index contributed by atoms with van der Waals surface area (Å²) in [6.07, 6.45) is 2.50. The minimum Gasteiger partial charge on any atom is -0.493 e. The van der Waals surface area contributed by atoms with Crippen LogP contribution in [0.5, 0.6) is 11.5 Å². The van der Waals surface area contributed by atoms with E-state index in [2.05, 4.69) is 0 Å². The van der Waals surface area contributed by atoms with Crippen LogP contribution in [0.15, 0.2) is 47.4 Å². The highest BCUT2D eigenvalue weighted by atomic mass is 35.5. The van der Waals surface area contributed by atoms with Gasteiger partial charge in [-0.15, -0.1) is 0 Å². The van der Waals surface area contributed by atoms with E-state index < -0.39 is 0 Å². The van der Waals surface area contributed by atoms with E-state index in [1.165, 1.54) is 16.7 Å². The average molecular weight is 434 g/mol. The number of nitrogens with zero attached hydrogens (tertiary/aromatic N) is 1. The summed E-state index contributed by atoms with van der Waals surface area (Å²) in [5, 5.41) is 0.577. The molecule has 3 rings (SSSR count). The molecule has 0 spiro atoms. The van der Waals surface area contributed by atoms with Crippen LogP contribution in [0.3, 0.4) is 0 Å². The number of thiocarbonyl (C=S) groups is 1. The Morgan fingerprint density at radius 3 is 2.54 bits per heavy atom. The second-order valence-corrected chi connectivity index (χ2v) is 8.35. The molecule has 0 unspecified atom stereocenters. The summed E-state index contributed by atoms with van der Waals surface area (Å²) in [6.45, 7) is 3.07. The van der Waals surface area contributed by atoms with Gasteiger partial charge < -0.3 is 9.47 Å². The molecule has 28 heavy (non-hydrogen) atoms. The third kappa shape index (κ3) is 5.07. The summed E-state index contributed by atoms with van der Waals surface area (Å²) in [4.78, 5) is 14.3. The first-order valence-corrected chi connectivity index (χ1v) is 10.4. The number of carbonyl (C=O) groups is 1. The topological polar surface area (TPSA) is 38.8 Å². The standard InChI is InChI=1S/C21H20ClNO3S2/c1-14-6-3-4-7-17(14)25-10-5-11-26-18-9-8-16(22)12-15(18)13-19-20(24)23(2)21(27)28-19/h3-4,6-9,12-13H,5,10-11H2,1-2H3/b19-13-. The number of likely N-dealkylation sites (N-methyl/N-ethyl adjacent to an activating group) is 1. The van der Waals surface area contributed by atoms with Crippen molar-refractivity contribution in [3.8, 4) is 11.5 Å². The van der Waals surface area contributed by atoms with Crippen molar-refractivity contribution in [1.82, 2.24) is 4.90 Å². The molecule has 1 heterocycles. The van der Waals surface area contributed by atoms with Crippen molar-refractivity contribution < 1.29 is 14.3 Å². The van der Waals surface area contributed by atoms with Crippen LogP contribution < -0.4 is 9.47 Å². The highest BCUT2D eigenvalue weighted by Crippen LogP contribution is 2.34. The minimum atomic E-state index is -0.118. The van der Waals surface area contributed by atoms with Crippen molar-refractivity contribution in [2.45, 2.75) is 13.3 Å². The van der Waals surface area contributed by atoms with E-state index in [1.54, 1.807) is 25.3 Å². The lowest BCUT2D eigenvalue weighted by Crippen LogP contribution is -2.22. The van der Waals surface area contributed by atoms with Crippen molar-refractivity contribution in [2.24, 2.45) is 0 Å². The Morgan fingerprint density at radius 2 is 1.86 bits per heavy atom. The number of hydrogen-bond donors (Lipinski definition) is 0. The van der Waals surface area contributed by atoms with Crippen LogP contribution in [-0.4, -0.2) is 35.4 Å². The van der Waals surface area contributed by atoms with Gasteiger partial charge in [0.25, 0.3) is 5.91 Å². The van der Waals surface area contributed by atoms with Gasteiger partial charge in [0.15, 0.2) is 0 Å². The van der Waals surface area contributed by atoms with Crippen molar-refractivity contribution in [1.29, 1.82) is 0 Å². The fourth-order valence-corrected chi connectivity index (χ4v) is 3.94. The lowest BCUT2D eigenvalue weighted by atomic mass is 10.2. The lowest BCUT2D eigenvalue weighted by Gasteiger charge is -2.12.